The van der Waals surface area contributed by atoms with E-state index in [4.69, 9.17) is 0 Å². The van der Waals surface area contributed by atoms with E-state index >= 15 is 0 Å². The van der Waals surface area contributed by atoms with Crippen LogP contribution in [0.2, 0.25) is 0 Å². The summed E-state index contributed by atoms with van der Waals surface area (Å²) in [5.74, 6) is 0. The molecule has 2 rings (SSSR count). The third kappa shape index (κ3) is 3.01. The second kappa shape index (κ2) is 5.38. The van der Waals surface area contributed by atoms with Crippen LogP contribution < -0.4 is 10.0 Å². The molecule has 0 amide bonds. The number of benzene rings is 1. The molecular weight excluding hydrogens is 262 g/mol. The number of anilines is 2. The van der Waals surface area contributed by atoms with E-state index in [1.165, 1.54) is 9.87 Å². The Bertz CT molecular complexity index is 555. The van der Waals surface area contributed by atoms with Gasteiger partial charge in [-0.1, -0.05) is 12.1 Å². The van der Waals surface area contributed by atoms with Crippen molar-refractivity contribution in [2.24, 2.45) is 0 Å². The van der Waals surface area contributed by atoms with Crippen LogP contribution in [0.1, 0.15) is 25.8 Å². The molecule has 1 aliphatic rings. The van der Waals surface area contributed by atoms with Crippen LogP contribution in [-0.4, -0.2) is 32.4 Å². The van der Waals surface area contributed by atoms with E-state index in [1.54, 1.807) is 13.1 Å². The summed E-state index contributed by atoms with van der Waals surface area (Å²) in [6.45, 7) is 4.57. The first kappa shape index (κ1) is 14.1. The average molecular weight is 283 g/mol. The molecule has 0 saturated carbocycles. The molecule has 0 saturated heterocycles. The number of fused-ring (bicyclic) bond motifs is 1. The summed E-state index contributed by atoms with van der Waals surface area (Å²) in [5.41, 5.74) is 2.71. The maximum Gasteiger partial charge on any atom is 0.301 e. The minimum absolute atomic E-state index is 0.0787. The fourth-order valence-electron chi connectivity index (χ4n) is 2.08. The standard InChI is InChI=1S/C13H21N3O2S/c1-10(2)16(3)19(17,18)15-12-8-4-6-11-7-5-9-14-13(11)12/h4,6,8,10,14-15H,5,7,9H2,1-3H3. The fraction of sp³-hybridized carbons (Fsp3) is 0.538. The van der Waals surface area contributed by atoms with E-state index in [-0.39, 0.29) is 6.04 Å². The highest BCUT2D eigenvalue weighted by molar-refractivity contribution is 7.90. The van der Waals surface area contributed by atoms with Crippen molar-refractivity contribution in [1.29, 1.82) is 0 Å². The number of rotatable bonds is 4. The molecule has 1 aromatic rings. The molecule has 0 atom stereocenters. The van der Waals surface area contributed by atoms with E-state index in [9.17, 15) is 8.42 Å². The molecular formula is C13H21N3O2S. The molecule has 0 bridgehead atoms. The van der Waals surface area contributed by atoms with E-state index in [1.807, 2.05) is 26.0 Å². The van der Waals surface area contributed by atoms with E-state index in [0.717, 1.165) is 25.1 Å². The van der Waals surface area contributed by atoms with Crippen molar-refractivity contribution in [2.75, 3.05) is 23.6 Å². The van der Waals surface area contributed by atoms with Crippen molar-refractivity contribution in [1.82, 2.24) is 4.31 Å². The SMILES string of the molecule is CC(C)N(C)S(=O)(=O)Nc1cccc2c1NCCC2. The summed E-state index contributed by atoms with van der Waals surface area (Å²) >= 11 is 0. The first-order valence-electron chi connectivity index (χ1n) is 6.53. The van der Waals surface area contributed by atoms with Gasteiger partial charge in [-0.3, -0.25) is 4.72 Å². The molecule has 2 N–H and O–H groups in total. The highest BCUT2D eigenvalue weighted by atomic mass is 32.2. The third-order valence-corrected chi connectivity index (χ3v) is 5.08. The quantitative estimate of drug-likeness (QED) is 0.889. The molecule has 1 aromatic carbocycles. The zero-order chi connectivity index (χ0) is 14.0. The third-order valence-electron chi connectivity index (χ3n) is 3.42. The summed E-state index contributed by atoms with van der Waals surface area (Å²) in [7, 11) is -1.92. The molecule has 1 aliphatic heterocycles. The Kier molecular flexibility index (Phi) is 4.01. The van der Waals surface area contributed by atoms with E-state index in [0.29, 0.717) is 5.69 Å². The Balaban J connectivity index is 2.29. The Hall–Kier alpha value is -1.27. The van der Waals surface area contributed by atoms with Crippen LogP contribution in [0.5, 0.6) is 0 Å². The molecule has 106 valence electrons. The van der Waals surface area contributed by atoms with Gasteiger partial charge in [0.05, 0.1) is 11.4 Å². The largest absolute Gasteiger partial charge is 0.383 e. The molecule has 0 radical (unpaired) electrons. The van der Waals surface area contributed by atoms with Crippen LogP contribution in [0.4, 0.5) is 11.4 Å². The Morgan fingerprint density at radius 3 is 2.79 bits per heavy atom. The molecule has 0 aromatic heterocycles. The molecule has 1 heterocycles. The highest BCUT2D eigenvalue weighted by Crippen LogP contribution is 2.31. The lowest BCUT2D eigenvalue weighted by Crippen LogP contribution is -2.37. The van der Waals surface area contributed by atoms with Crippen LogP contribution >= 0.6 is 0 Å². The van der Waals surface area contributed by atoms with E-state index < -0.39 is 10.2 Å². The van der Waals surface area contributed by atoms with Gasteiger partial charge in [0.2, 0.25) is 0 Å². The summed E-state index contributed by atoms with van der Waals surface area (Å²) < 4.78 is 28.4. The average Bonchev–Trinajstić information content (AvgIpc) is 2.38. The first-order valence-corrected chi connectivity index (χ1v) is 7.97. The van der Waals surface area contributed by atoms with Gasteiger partial charge in [0.15, 0.2) is 0 Å². The normalized spacial score (nSPS) is 15.2. The molecule has 0 unspecified atom stereocenters. The molecule has 5 nitrogen and oxygen atoms in total. The second-order valence-electron chi connectivity index (χ2n) is 5.09. The molecule has 0 aliphatic carbocycles. The van der Waals surface area contributed by atoms with Gasteiger partial charge < -0.3 is 5.32 Å². The van der Waals surface area contributed by atoms with Gasteiger partial charge in [-0.05, 0) is 38.3 Å². The van der Waals surface area contributed by atoms with Crippen molar-refractivity contribution in [2.45, 2.75) is 32.7 Å². The van der Waals surface area contributed by atoms with Crippen molar-refractivity contribution < 1.29 is 8.42 Å². The predicted molar refractivity (Wildman–Crippen MR) is 78.7 cm³/mol. The number of nitrogens with zero attached hydrogens (tertiary/aromatic N) is 1. The summed E-state index contributed by atoms with van der Waals surface area (Å²) in [6.07, 6.45) is 2.06. The first-order chi connectivity index (χ1) is 8.92. The fourth-order valence-corrected chi connectivity index (χ4v) is 3.23. The van der Waals surface area contributed by atoms with Gasteiger partial charge in [0.1, 0.15) is 0 Å². The molecule has 6 heteroatoms. The molecule has 0 fully saturated rings. The van der Waals surface area contributed by atoms with Crippen LogP contribution in [0.3, 0.4) is 0 Å². The summed E-state index contributed by atoms with van der Waals surface area (Å²) in [5, 5.41) is 3.28. The van der Waals surface area contributed by atoms with Crippen molar-refractivity contribution >= 4 is 21.6 Å². The molecule has 19 heavy (non-hydrogen) atoms. The highest BCUT2D eigenvalue weighted by Gasteiger charge is 2.22. The number of para-hydroxylation sites is 1. The predicted octanol–water partition coefficient (Wildman–Crippen LogP) is 2.04. The maximum absolute atomic E-state index is 12.2. The minimum Gasteiger partial charge on any atom is -0.383 e. The number of hydrogen-bond acceptors (Lipinski definition) is 3. The number of hydrogen-bond donors (Lipinski definition) is 2. The zero-order valence-electron chi connectivity index (χ0n) is 11.6. The van der Waals surface area contributed by atoms with E-state index in [2.05, 4.69) is 10.0 Å². The topological polar surface area (TPSA) is 61.4 Å². The van der Waals surface area contributed by atoms with Gasteiger partial charge in [-0.15, -0.1) is 0 Å². The van der Waals surface area contributed by atoms with Gasteiger partial charge in [0.25, 0.3) is 0 Å². The lowest BCUT2D eigenvalue weighted by atomic mass is 10.0. The van der Waals surface area contributed by atoms with Crippen LogP contribution in [0, 0.1) is 0 Å². The summed E-state index contributed by atoms with van der Waals surface area (Å²) in [4.78, 5) is 0. The summed E-state index contributed by atoms with van der Waals surface area (Å²) in [6, 6.07) is 5.64. The second-order valence-corrected chi connectivity index (χ2v) is 6.82. The molecule has 0 spiro atoms. The monoisotopic (exact) mass is 283 g/mol. The number of nitrogens with one attached hydrogen (secondary N) is 2. The van der Waals surface area contributed by atoms with Crippen LogP contribution in [0.25, 0.3) is 0 Å². The smallest absolute Gasteiger partial charge is 0.301 e. The van der Waals surface area contributed by atoms with Gasteiger partial charge in [0, 0.05) is 19.6 Å². The zero-order valence-corrected chi connectivity index (χ0v) is 12.4. The lowest BCUT2D eigenvalue weighted by Gasteiger charge is -2.25. The van der Waals surface area contributed by atoms with Gasteiger partial charge in [-0.2, -0.15) is 12.7 Å². The maximum atomic E-state index is 12.2. The Morgan fingerprint density at radius 1 is 1.37 bits per heavy atom. The van der Waals surface area contributed by atoms with Crippen molar-refractivity contribution in [3.05, 3.63) is 23.8 Å². The minimum atomic E-state index is -3.50. The van der Waals surface area contributed by atoms with Gasteiger partial charge >= 0.3 is 10.2 Å². The van der Waals surface area contributed by atoms with Crippen molar-refractivity contribution in [3.8, 4) is 0 Å². The van der Waals surface area contributed by atoms with Crippen molar-refractivity contribution in [3.63, 3.8) is 0 Å². The van der Waals surface area contributed by atoms with Crippen LogP contribution in [-0.2, 0) is 16.6 Å². The Morgan fingerprint density at radius 2 is 2.11 bits per heavy atom. The van der Waals surface area contributed by atoms with Crippen LogP contribution in [0.15, 0.2) is 18.2 Å². The Labute approximate surface area is 115 Å². The van der Waals surface area contributed by atoms with Gasteiger partial charge in [-0.25, -0.2) is 0 Å². The number of aryl methyl sites for hydroxylation is 1. The lowest BCUT2D eigenvalue weighted by molar-refractivity contribution is 0.414.